The molecule has 2 rings (SSSR count). The summed E-state index contributed by atoms with van der Waals surface area (Å²) in [7, 11) is 0. The summed E-state index contributed by atoms with van der Waals surface area (Å²) in [6, 6.07) is 14.3. The average molecular weight is 236 g/mol. The Hall–Kier alpha value is -2.27. The van der Waals surface area contributed by atoms with Gasteiger partial charge in [0, 0.05) is 5.69 Å². The molecule has 0 saturated heterocycles. The van der Waals surface area contributed by atoms with Gasteiger partial charge in [0.25, 0.3) is 0 Å². The number of aryl methyl sites for hydroxylation is 3. The van der Waals surface area contributed by atoms with Gasteiger partial charge < -0.3 is 5.32 Å². The van der Waals surface area contributed by atoms with Crippen LogP contribution in [-0.4, -0.2) is 0 Å². The van der Waals surface area contributed by atoms with E-state index in [1.54, 1.807) is 0 Å². The van der Waals surface area contributed by atoms with Crippen LogP contribution >= 0.6 is 0 Å². The fraction of sp³-hybridized carbons (Fsp3) is 0.188. The third kappa shape index (κ3) is 2.70. The highest BCUT2D eigenvalue weighted by atomic mass is 14.9. The Labute approximate surface area is 108 Å². The first-order valence-corrected chi connectivity index (χ1v) is 5.94. The van der Waals surface area contributed by atoms with Crippen LogP contribution in [-0.2, 0) is 0 Å². The van der Waals surface area contributed by atoms with Crippen LogP contribution < -0.4 is 5.32 Å². The lowest BCUT2D eigenvalue weighted by Crippen LogP contribution is -1.95. The first-order chi connectivity index (χ1) is 8.58. The summed E-state index contributed by atoms with van der Waals surface area (Å²) in [6.45, 7) is 6.16. The van der Waals surface area contributed by atoms with Crippen LogP contribution in [0.3, 0.4) is 0 Å². The standard InChI is InChI=1S/C16H16N2/c1-11-4-5-14(10-17)16(9-11)18-15-7-12(2)6-13(3)8-15/h4-9,18H,1-3H3. The van der Waals surface area contributed by atoms with Gasteiger partial charge in [0.05, 0.1) is 11.3 Å². The van der Waals surface area contributed by atoms with E-state index in [4.69, 9.17) is 5.26 Å². The largest absolute Gasteiger partial charge is 0.354 e. The van der Waals surface area contributed by atoms with Gasteiger partial charge in [-0.25, -0.2) is 0 Å². The van der Waals surface area contributed by atoms with Gasteiger partial charge in [0.2, 0.25) is 0 Å². The van der Waals surface area contributed by atoms with Gasteiger partial charge in [-0.2, -0.15) is 5.26 Å². The summed E-state index contributed by atoms with van der Waals surface area (Å²) in [6.07, 6.45) is 0. The summed E-state index contributed by atoms with van der Waals surface area (Å²) in [5, 5.41) is 12.4. The van der Waals surface area contributed by atoms with Crippen LogP contribution in [0.1, 0.15) is 22.3 Å². The van der Waals surface area contributed by atoms with Gasteiger partial charge in [-0.1, -0.05) is 12.1 Å². The molecule has 0 bridgehead atoms. The van der Waals surface area contributed by atoms with Gasteiger partial charge in [-0.15, -0.1) is 0 Å². The van der Waals surface area contributed by atoms with Gasteiger partial charge in [0.15, 0.2) is 0 Å². The summed E-state index contributed by atoms with van der Waals surface area (Å²) < 4.78 is 0. The molecule has 0 aliphatic carbocycles. The van der Waals surface area contributed by atoms with E-state index >= 15 is 0 Å². The zero-order valence-electron chi connectivity index (χ0n) is 10.9. The number of rotatable bonds is 2. The second-order valence-corrected chi connectivity index (χ2v) is 4.66. The van der Waals surface area contributed by atoms with Gasteiger partial charge >= 0.3 is 0 Å². The molecular weight excluding hydrogens is 220 g/mol. The highest BCUT2D eigenvalue weighted by molar-refractivity contribution is 5.68. The molecule has 90 valence electrons. The maximum Gasteiger partial charge on any atom is 0.101 e. The molecule has 0 amide bonds. The van der Waals surface area contributed by atoms with Gasteiger partial charge in [-0.05, 0) is 61.7 Å². The van der Waals surface area contributed by atoms with E-state index in [1.165, 1.54) is 11.1 Å². The number of hydrogen-bond acceptors (Lipinski definition) is 2. The van der Waals surface area contributed by atoms with E-state index in [9.17, 15) is 0 Å². The normalized spacial score (nSPS) is 9.89. The minimum absolute atomic E-state index is 0.666. The minimum Gasteiger partial charge on any atom is -0.354 e. The van der Waals surface area contributed by atoms with E-state index in [0.29, 0.717) is 5.56 Å². The second kappa shape index (κ2) is 4.93. The number of nitrogens with one attached hydrogen (secondary N) is 1. The van der Waals surface area contributed by atoms with Crippen molar-refractivity contribution in [3.8, 4) is 6.07 Å². The Morgan fingerprint density at radius 3 is 2.17 bits per heavy atom. The zero-order valence-corrected chi connectivity index (χ0v) is 10.9. The Kier molecular flexibility index (Phi) is 3.34. The lowest BCUT2D eigenvalue weighted by atomic mass is 10.1. The molecule has 2 heteroatoms. The molecule has 0 fully saturated rings. The van der Waals surface area contributed by atoms with Crippen LogP contribution in [0.4, 0.5) is 11.4 Å². The third-order valence-electron chi connectivity index (χ3n) is 2.80. The molecule has 2 nitrogen and oxygen atoms in total. The Morgan fingerprint density at radius 2 is 1.56 bits per heavy atom. The molecular formula is C16H16N2. The maximum atomic E-state index is 9.11. The van der Waals surface area contributed by atoms with Crippen molar-refractivity contribution in [1.82, 2.24) is 0 Å². The van der Waals surface area contributed by atoms with Crippen molar-refractivity contribution in [2.75, 3.05) is 5.32 Å². The van der Waals surface area contributed by atoms with Crippen molar-refractivity contribution in [1.29, 1.82) is 5.26 Å². The summed E-state index contributed by atoms with van der Waals surface area (Å²) in [5.41, 5.74) is 6.12. The number of nitrogens with zero attached hydrogens (tertiary/aromatic N) is 1. The van der Waals surface area contributed by atoms with E-state index in [0.717, 1.165) is 16.9 Å². The number of anilines is 2. The van der Waals surface area contributed by atoms with Crippen LogP contribution in [0, 0.1) is 32.1 Å². The summed E-state index contributed by atoms with van der Waals surface area (Å²) in [4.78, 5) is 0. The van der Waals surface area contributed by atoms with Crippen LogP contribution in [0.5, 0.6) is 0 Å². The van der Waals surface area contributed by atoms with E-state index in [2.05, 4.69) is 43.4 Å². The minimum atomic E-state index is 0.666. The average Bonchev–Trinajstić information content (AvgIpc) is 2.27. The van der Waals surface area contributed by atoms with Crippen molar-refractivity contribution >= 4 is 11.4 Å². The predicted molar refractivity (Wildman–Crippen MR) is 75.1 cm³/mol. The molecule has 18 heavy (non-hydrogen) atoms. The van der Waals surface area contributed by atoms with E-state index in [1.807, 2.05) is 25.1 Å². The quantitative estimate of drug-likeness (QED) is 0.847. The molecule has 2 aromatic carbocycles. The molecule has 0 saturated carbocycles. The summed E-state index contributed by atoms with van der Waals surface area (Å²) in [5.74, 6) is 0. The molecule has 0 spiro atoms. The molecule has 0 atom stereocenters. The highest BCUT2D eigenvalue weighted by Gasteiger charge is 2.03. The SMILES string of the molecule is Cc1cc(C)cc(Nc2cc(C)ccc2C#N)c1. The predicted octanol–water partition coefficient (Wildman–Crippen LogP) is 4.23. The van der Waals surface area contributed by atoms with Gasteiger partial charge in [-0.3, -0.25) is 0 Å². The molecule has 0 aromatic heterocycles. The first-order valence-electron chi connectivity index (χ1n) is 5.94. The second-order valence-electron chi connectivity index (χ2n) is 4.66. The summed E-state index contributed by atoms with van der Waals surface area (Å²) >= 11 is 0. The van der Waals surface area contributed by atoms with Gasteiger partial charge in [0.1, 0.15) is 6.07 Å². The number of benzene rings is 2. The molecule has 0 heterocycles. The molecule has 0 radical (unpaired) electrons. The van der Waals surface area contributed by atoms with E-state index in [-0.39, 0.29) is 0 Å². The lowest BCUT2D eigenvalue weighted by molar-refractivity contribution is 1.36. The van der Waals surface area contributed by atoms with Crippen molar-refractivity contribution < 1.29 is 0 Å². The van der Waals surface area contributed by atoms with Crippen LogP contribution in [0.25, 0.3) is 0 Å². The number of hydrogen-bond donors (Lipinski definition) is 1. The lowest BCUT2D eigenvalue weighted by Gasteiger charge is -2.11. The zero-order chi connectivity index (χ0) is 13.1. The van der Waals surface area contributed by atoms with Crippen LogP contribution in [0.15, 0.2) is 36.4 Å². The Bertz CT molecular complexity index is 601. The third-order valence-corrected chi connectivity index (χ3v) is 2.80. The topological polar surface area (TPSA) is 35.8 Å². The van der Waals surface area contributed by atoms with Crippen molar-refractivity contribution in [3.63, 3.8) is 0 Å². The first kappa shape index (κ1) is 12.2. The van der Waals surface area contributed by atoms with Crippen molar-refractivity contribution in [3.05, 3.63) is 58.7 Å². The van der Waals surface area contributed by atoms with Crippen molar-refractivity contribution in [2.24, 2.45) is 0 Å². The molecule has 0 aliphatic heterocycles. The fourth-order valence-corrected chi connectivity index (χ4v) is 2.06. The van der Waals surface area contributed by atoms with Crippen LogP contribution in [0.2, 0.25) is 0 Å². The monoisotopic (exact) mass is 236 g/mol. The van der Waals surface area contributed by atoms with E-state index < -0.39 is 0 Å². The smallest absolute Gasteiger partial charge is 0.101 e. The fourth-order valence-electron chi connectivity index (χ4n) is 2.06. The number of nitriles is 1. The Morgan fingerprint density at radius 1 is 0.889 bits per heavy atom. The maximum absolute atomic E-state index is 9.11. The Balaban J connectivity index is 2.39. The molecule has 2 aromatic rings. The molecule has 0 unspecified atom stereocenters. The molecule has 1 N–H and O–H groups in total. The van der Waals surface area contributed by atoms with Crippen molar-refractivity contribution in [2.45, 2.75) is 20.8 Å². The molecule has 0 aliphatic rings. The highest BCUT2D eigenvalue weighted by Crippen LogP contribution is 2.23.